The zero-order valence-corrected chi connectivity index (χ0v) is 61.4. The van der Waals surface area contributed by atoms with Gasteiger partial charge in [0.2, 0.25) is 41.4 Å². The Kier molecular flexibility index (Phi) is 37.5. The van der Waals surface area contributed by atoms with Gasteiger partial charge >= 0.3 is 6.09 Å². The number of carbonyl (C=O) groups excluding carboxylic acids is 7. The molecule has 1 aliphatic rings. The third kappa shape index (κ3) is 30.7. The average Bonchev–Trinajstić information content (AvgIpc) is 1.63. The Morgan fingerprint density at radius 1 is 0.594 bits per heavy atom. The predicted molar refractivity (Wildman–Crippen MR) is 399 cm³/mol. The van der Waals surface area contributed by atoms with Gasteiger partial charge in [-0.2, -0.15) is 4.98 Å². The minimum absolute atomic E-state index is 0.0161. The summed E-state index contributed by atoms with van der Waals surface area (Å²) in [5, 5.41) is 17.1. The molecule has 1 aliphatic heterocycles. The van der Waals surface area contributed by atoms with Gasteiger partial charge in [0.05, 0.1) is 137 Å². The maximum atomic E-state index is 13.7. The molecule has 106 heavy (non-hydrogen) atoms. The van der Waals surface area contributed by atoms with E-state index in [1.165, 1.54) is 0 Å². The number of unbranched alkanes of at least 4 members (excludes halogenated alkanes) is 2. The number of fused-ring (bicyclic) bond motifs is 3. The molecule has 0 spiro atoms. The second-order valence-electron chi connectivity index (χ2n) is 25.2. The first-order chi connectivity index (χ1) is 51.6. The molecule has 0 bridgehead atoms. The highest BCUT2D eigenvalue weighted by Crippen LogP contribution is 2.29. The van der Waals surface area contributed by atoms with Gasteiger partial charge in [0.15, 0.2) is 5.82 Å². The van der Waals surface area contributed by atoms with Crippen molar-refractivity contribution >= 4 is 75.7 Å². The van der Waals surface area contributed by atoms with Crippen LogP contribution >= 0.6 is 0 Å². The maximum absolute atomic E-state index is 13.7. The van der Waals surface area contributed by atoms with Gasteiger partial charge < -0.3 is 100 Å². The number of benzene rings is 4. The SMILES string of the molecule is CCCCCNc1nc(N)nc2ccn(Cc3ccc(COCCOCCOCCOCCNC(=O)OCc4ccc(NC(=O)[C@H](CCC(N)=O)NC(=O)[C@H](CC(C)C)NC(=O)CCOCCOCCOCCOCCNC(=O)CCC(=O)N5Cc6ccccc6C#Cc6ccccc65)cc4)cc3OC)c12. The summed E-state index contributed by atoms with van der Waals surface area (Å²) in [5.74, 6) is 5.32. The van der Waals surface area contributed by atoms with E-state index < -0.39 is 41.8 Å². The molecule has 2 atom stereocenters. The number of amides is 7. The molecule has 29 nitrogen and oxygen atoms in total. The van der Waals surface area contributed by atoms with Gasteiger partial charge in [-0.05, 0) is 84.3 Å². The van der Waals surface area contributed by atoms with Gasteiger partial charge in [-0.15, -0.1) is 0 Å². The number of nitrogens with two attached hydrogens (primary N) is 2. The minimum atomic E-state index is -1.18. The van der Waals surface area contributed by atoms with Crippen molar-refractivity contribution in [2.24, 2.45) is 11.7 Å². The van der Waals surface area contributed by atoms with E-state index in [1.807, 2.05) is 92.8 Å². The quantitative estimate of drug-likeness (QED) is 0.0146. The molecule has 0 fully saturated rings. The van der Waals surface area contributed by atoms with Crippen LogP contribution in [0.1, 0.15) is 112 Å². The summed E-state index contributed by atoms with van der Waals surface area (Å²) in [6, 6.07) is 27.5. The van der Waals surface area contributed by atoms with Crippen molar-refractivity contribution in [2.75, 3.05) is 147 Å². The van der Waals surface area contributed by atoms with Crippen molar-refractivity contribution in [3.8, 4) is 17.6 Å². The summed E-state index contributed by atoms with van der Waals surface area (Å²) in [4.78, 5) is 101. The Labute approximate surface area is 619 Å². The third-order valence-corrected chi connectivity index (χ3v) is 16.5. The lowest BCUT2D eigenvalue weighted by Gasteiger charge is -2.26. The lowest BCUT2D eigenvalue weighted by molar-refractivity contribution is -0.132. The molecule has 0 saturated carbocycles. The van der Waals surface area contributed by atoms with Gasteiger partial charge in [0, 0.05) is 73.9 Å². The summed E-state index contributed by atoms with van der Waals surface area (Å²) in [6.45, 7) is 12.9. The third-order valence-electron chi connectivity index (χ3n) is 16.5. The van der Waals surface area contributed by atoms with Gasteiger partial charge in [0.25, 0.3) is 0 Å². The van der Waals surface area contributed by atoms with Gasteiger partial charge in [-0.25, -0.2) is 9.78 Å². The maximum Gasteiger partial charge on any atom is 0.407 e. The van der Waals surface area contributed by atoms with Crippen molar-refractivity contribution in [3.63, 3.8) is 0 Å². The summed E-state index contributed by atoms with van der Waals surface area (Å²) < 4.78 is 58.2. The molecule has 2 aromatic heterocycles. The highest BCUT2D eigenvalue weighted by Gasteiger charge is 2.29. The molecule has 0 unspecified atom stereocenters. The molecule has 0 aliphatic carbocycles. The highest BCUT2D eigenvalue weighted by atomic mass is 16.6. The van der Waals surface area contributed by atoms with Crippen LogP contribution in [0.4, 0.5) is 27.9 Å². The van der Waals surface area contributed by atoms with Crippen molar-refractivity contribution < 1.29 is 80.9 Å². The summed E-state index contributed by atoms with van der Waals surface area (Å²) in [7, 11) is 1.65. The first-order valence-electron chi connectivity index (χ1n) is 36.2. The molecule has 7 amide bonds. The van der Waals surface area contributed by atoms with Crippen molar-refractivity contribution in [1.82, 2.24) is 35.8 Å². The number of primary amides is 1. The number of carbonyl (C=O) groups is 7. The number of aromatic nitrogens is 3. The molecule has 29 heteroatoms. The number of nitrogen functional groups attached to an aromatic ring is 1. The van der Waals surface area contributed by atoms with Gasteiger partial charge in [0.1, 0.15) is 30.0 Å². The van der Waals surface area contributed by atoms with Crippen LogP contribution in [0.25, 0.3) is 11.0 Å². The Hall–Kier alpha value is -9.77. The van der Waals surface area contributed by atoms with Crippen molar-refractivity contribution in [1.29, 1.82) is 0 Å². The zero-order chi connectivity index (χ0) is 75.5. The van der Waals surface area contributed by atoms with Crippen LogP contribution in [0.15, 0.2) is 103 Å². The second kappa shape index (κ2) is 47.6. The van der Waals surface area contributed by atoms with E-state index in [9.17, 15) is 33.6 Å². The fraction of sp³-hybridized carbons (Fsp3) is 0.494. The molecule has 7 rings (SSSR count). The number of methoxy groups -OCH3 is 1. The lowest BCUT2D eigenvalue weighted by Crippen LogP contribution is -2.53. The number of hydrogen-bond acceptors (Lipinski definition) is 21. The fourth-order valence-corrected chi connectivity index (χ4v) is 11.0. The van der Waals surface area contributed by atoms with E-state index in [0.717, 1.165) is 81.9 Å². The first-order valence-corrected chi connectivity index (χ1v) is 36.2. The number of alkyl carbamates (subject to hydrolysis) is 1. The van der Waals surface area contributed by atoms with Crippen LogP contribution < -0.4 is 53.0 Å². The van der Waals surface area contributed by atoms with Crippen molar-refractivity contribution in [3.05, 3.63) is 137 Å². The average molecular weight is 1470 g/mol. The standard InChI is InChI=1S/C77H104N12O17/c1-5-6-11-30-81-73-72-63(86-76(79)87-73)28-33-88(72)51-61-19-16-57(50-67(61)97-4)53-105-48-47-104-46-45-103-42-39-100-36-32-82-77(96)106-54-56-17-22-62(23-18-56)83-74(94)64(24-25-68(78)90)85-75(95)65(49-55(2)3)84-70(92)29-34-98-37-40-101-43-44-102-41-38-99-35-31-80-69(91)26-27-71(93)89-52-60-14-8-7-12-58(60)20-21-59-13-9-10-15-66(59)89/h7-10,12-19,22-23,28,33,50,55,64-65H,5-6,11,24-27,29-32,34-49,51-54H2,1-4H3,(H2,78,90)(H,80,91)(H,82,96)(H,83,94)(H,84,92)(H,85,95)(H3,79,81,86,87)/t64-,65-/m0/s1. The molecule has 6 aromatic rings. The van der Waals surface area contributed by atoms with E-state index in [2.05, 4.69) is 65.2 Å². The topological polar surface area (TPSA) is 370 Å². The number of para-hydroxylation sites is 1. The van der Waals surface area contributed by atoms with Crippen LogP contribution in [-0.4, -0.2) is 194 Å². The van der Waals surface area contributed by atoms with Crippen LogP contribution in [0.5, 0.6) is 5.75 Å². The van der Waals surface area contributed by atoms with Crippen LogP contribution in [0.3, 0.4) is 0 Å². The van der Waals surface area contributed by atoms with Gasteiger partial charge in [-0.3, -0.25) is 28.8 Å². The number of hydrogen-bond donors (Lipinski definition) is 8. The van der Waals surface area contributed by atoms with Crippen LogP contribution in [0, 0.1) is 17.8 Å². The van der Waals surface area contributed by atoms with Gasteiger partial charge in [-0.1, -0.05) is 100 Å². The summed E-state index contributed by atoms with van der Waals surface area (Å²) in [6.07, 6.45) is 4.62. The molecule has 0 radical (unpaired) electrons. The molecule has 574 valence electrons. The van der Waals surface area contributed by atoms with E-state index in [4.69, 9.17) is 58.8 Å². The Morgan fingerprint density at radius 2 is 1.22 bits per heavy atom. The second-order valence-corrected chi connectivity index (χ2v) is 25.2. The molecule has 10 N–H and O–H groups in total. The fourth-order valence-electron chi connectivity index (χ4n) is 11.0. The van der Waals surface area contributed by atoms with E-state index in [-0.39, 0.29) is 115 Å². The van der Waals surface area contributed by atoms with E-state index in [1.54, 1.807) is 36.3 Å². The van der Waals surface area contributed by atoms with Crippen molar-refractivity contribution in [2.45, 2.75) is 117 Å². The molecule has 0 saturated heterocycles. The first kappa shape index (κ1) is 83.5. The molecule has 3 heterocycles. The molecular weight excluding hydrogens is 1360 g/mol. The zero-order valence-electron chi connectivity index (χ0n) is 61.4. The van der Waals surface area contributed by atoms with Crippen LogP contribution in [-0.2, 0) is 97.7 Å². The molecule has 4 aromatic carbocycles. The summed E-state index contributed by atoms with van der Waals surface area (Å²) in [5.41, 5.74) is 19.4. The summed E-state index contributed by atoms with van der Waals surface area (Å²) >= 11 is 0. The highest BCUT2D eigenvalue weighted by molar-refractivity contribution is 5.99. The Balaban J connectivity index is 0.663. The number of nitrogens with one attached hydrogen (secondary N) is 6. The number of rotatable bonds is 52. The van der Waals surface area contributed by atoms with E-state index in [0.29, 0.717) is 97.0 Å². The Morgan fingerprint density at radius 3 is 1.89 bits per heavy atom. The largest absolute Gasteiger partial charge is 0.496 e. The normalized spacial score (nSPS) is 12.2. The smallest absolute Gasteiger partial charge is 0.407 e. The minimum Gasteiger partial charge on any atom is -0.496 e. The number of anilines is 4. The Bertz CT molecular complexity index is 3790. The monoisotopic (exact) mass is 1470 g/mol. The number of nitrogens with zero attached hydrogens (tertiary/aromatic N) is 4. The predicted octanol–water partition coefficient (Wildman–Crippen LogP) is 6.68. The lowest BCUT2D eigenvalue weighted by atomic mass is 10.0. The number of ether oxygens (including phenoxy) is 10. The molecular formula is C77H104N12O17. The van der Waals surface area contributed by atoms with Crippen LogP contribution in [0.2, 0.25) is 0 Å². The van der Waals surface area contributed by atoms with E-state index >= 15 is 0 Å².